The smallest absolute Gasteiger partial charge is 0.150 e. The molecule has 1 aromatic carbocycles. The van der Waals surface area contributed by atoms with Crippen molar-refractivity contribution in [2.75, 3.05) is 7.11 Å². The molecule has 0 unspecified atom stereocenters. The number of hydrogen-bond acceptors (Lipinski definition) is 2. The first-order valence-electron chi connectivity index (χ1n) is 3.63. The molecular formula is C9H6I2OS. The molecule has 0 N–H and O–H groups in total. The summed E-state index contributed by atoms with van der Waals surface area (Å²) in [7, 11) is 1.73. The average Bonchev–Trinajstić information content (AvgIpc) is 2.53. The van der Waals surface area contributed by atoms with Gasteiger partial charge in [-0.25, -0.2) is 0 Å². The largest absolute Gasteiger partial charge is 0.494 e. The number of fused-ring (bicyclic) bond motifs is 1. The summed E-state index contributed by atoms with van der Waals surface area (Å²) in [5.41, 5.74) is 0. The number of methoxy groups -OCH3 is 1. The molecule has 0 fully saturated rings. The Morgan fingerprint density at radius 1 is 1.31 bits per heavy atom. The van der Waals surface area contributed by atoms with Crippen LogP contribution in [-0.2, 0) is 0 Å². The summed E-state index contributed by atoms with van der Waals surface area (Å²) in [5, 5.41) is 3.40. The van der Waals surface area contributed by atoms with Crippen molar-refractivity contribution < 1.29 is 4.74 Å². The lowest BCUT2D eigenvalue weighted by Crippen LogP contribution is -1.88. The van der Waals surface area contributed by atoms with Crippen molar-refractivity contribution in [3.63, 3.8) is 0 Å². The predicted molar refractivity (Wildman–Crippen MR) is 73.8 cm³/mol. The maximum atomic E-state index is 5.37. The highest BCUT2D eigenvalue weighted by Crippen LogP contribution is 2.37. The van der Waals surface area contributed by atoms with Gasteiger partial charge in [-0.2, -0.15) is 0 Å². The van der Waals surface area contributed by atoms with Crippen molar-refractivity contribution in [1.29, 1.82) is 0 Å². The van der Waals surface area contributed by atoms with Gasteiger partial charge in [0.15, 0.2) is 0 Å². The highest BCUT2D eigenvalue weighted by atomic mass is 127. The Bertz CT molecular complexity index is 450. The highest BCUT2D eigenvalue weighted by Gasteiger charge is 2.10. The van der Waals surface area contributed by atoms with Crippen molar-refractivity contribution in [1.82, 2.24) is 0 Å². The molecular weight excluding hydrogens is 410 g/mol. The number of halogens is 2. The maximum absolute atomic E-state index is 5.37. The molecule has 0 atom stereocenters. The summed E-state index contributed by atoms with van der Waals surface area (Å²) in [6, 6.07) is 4.29. The van der Waals surface area contributed by atoms with E-state index in [2.05, 4.69) is 62.7 Å². The van der Waals surface area contributed by atoms with Crippen LogP contribution in [0, 0.1) is 7.14 Å². The molecule has 1 nitrogen and oxygen atoms in total. The van der Waals surface area contributed by atoms with Gasteiger partial charge in [-0.1, -0.05) is 0 Å². The SMILES string of the molecule is COc1c(I)cc(I)c2ccsc12. The van der Waals surface area contributed by atoms with E-state index in [0.717, 1.165) is 5.75 Å². The molecule has 4 heteroatoms. The van der Waals surface area contributed by atoms with Crippen LogP contribution >= 0.6 is 56.5 Å². The Morgan fingerprint density at radius 3 is 2.77 bits per heavy atom. The maximum Gasteiger partial charge on any atom is 0.150 e. The van der Waals surface area contributed by atoms with E-state index in [9.17, 15) is 0 Å². The molecule has 0 aliphatic carbocycles. The fraction of sp³-hybridized carbons (Fsp3) is 0.111. The third-order valence-electron chi connectivity index (χ3n) is 1.80. The third kappa shape index (κ3) is 1.68. The number of hydrogen-bond donors (Lipinski definition) is 0. The summed E-state index contributed by atoms with van der Waals surface area (Å²) >= 11 is 6.40. The van der Waals surface area contributed by atoms with Gasteiger partial charge >= 0.3 is 0 Å². The van der Waals surface area contributed by atoms with Crippen LogP contribution in [0.15, 0.2) is 17.5 Å². The zero-order valence-electron chi connectivity index (χ0n) is 6.80. The van der Waals surface area contributed by atoms with Crippen molar-refractivity contribution in [3.8, 4) is 5.75 Å². The highest BCUT2D eigenvalue weighted by molar-refractivity contribution is 14.1. The van der Waals surface area contributed by atoms with Gasteiger partial charge in [0.2, 0.25) is 0 Å². The quantitative estimate of drug-likeness (QED) is 0.636. The Kier molecular flexibility index (Phi) is 2.99. The zero-order valence-corrected chi connectivity index (χ0v) is 11.9. The topological polar surface area (TPSA) is 9.23 Å². The summed E-state index contributed by atoms with van der Waals surface area (Å²) in [6.07, 6.45) is 0. The first kappa shape index (κ1) is 9.97. The van der Waals surface area contributed by atoms with E-state index < -0.39 is 0 Å². The molecule has 0 aliphatic heterocycles. The second kappa shape index (κ2) is 3.90. The van der Waals surface area contributed by atoms with E-state index in [0.29, 0.717) is 0 Å². The Hall–Kier alpha value is 0.440. The lowest BCUT2D eigenvalue weighted by Gasteiger charge is -2.05. The molecule has 0 saturated heterocycles. The number of rotatable bonds is 1. The van der Waals surface area contributed by atoms with Crippen LogP contribution in [0.3, 0.4) is 0 Å². The van der Waals surface area contributed by atoms with Gasteiger partial charge in [0.25, 0.3) is 0 Å². The van der Waals surface area contributed by atoms with Gasteiger partial charge in [-0.05, 0) is 62.7 Å². The molecule has 1 aromatic heterocycles. The monoisotopic (exact) mass is 416 g/mol. The predicted octanol–water partition coefficient (Wildman–Crippen LogP) is 4.12. The van der Waals surface area contributed by atoms with E-state index in [4.69, 9.17) is 4.74 Å². The standard InChI is InChI=1S/C9H6I2OS/c1-12-8-7(11)4-6(10)5-2-3-13-9(5)8/h2-4H,1H3. The van der Waals surface area contributed by atoms with E-state index in [1.807, 2.05) is 0 Å². The summed E-state index contributed by atoms with van der Waals surface area (Å²) in [5.74, 6) is 1.01. The van der Waals surface area contributed by atoms with Crippen molar-refractivity contribution >= 4 is 66.6 Å². The van der Waals surface area contributed by atoms with Crippen LogP contribution < -0.4 is 4.74 Å². The molecule has 0 bridgehead atoms. The number of thiophene rings is 1. The van der Waals surface area contributed by atoms with Crippen LogP contribution in [-0.4, -0.2) is 7.11 Å². The second-order valence-electron chi connectivity index (χ2n) is 2.54. The fourth-order valence-electron chi connectivity index (χ4n) is 1.23. The summed E-state index contributed by atoms with van der Waals surface area (Å²) in [6.45, 7) is 0. The lowest BCUT2D eigenvalue weighted by atomic mass is 10.2. The third-order valence-corrected chi connectivity index (χ3v) is 4.41. The molecule has 68 valence electrons. The summed E-state index contributed by atoms with van der Waals surface area (Å²) < 4.78 is 9.09. The number of benzene rings is 1. The van der Waals surface area contributed by atoms with Crippen LogP contribution in [0.2, 0.25) is 0 Å². The van der Waals surface area contributed by atoms with E-state index in [-0.39, 0.29) is 0 Å². The van der Waals surface area contributed by atoms with Crippen LogP contribution in [0.4, 0.5) is 0 Å². The normalized spacial score (nSPS) is 10.7. The van der Waals surface area contributed by atoms with Crippen molar-refractivity contribution in [2.45, 2.75) is 0 Å². The fourth-order valence-corrected chi connectivity index (χ4v) is 4.70. The minimum Gasteiger partial charge on any atom is -0.494 e. The second-order valence-corrected chi connectivity index (χ2v) is 5.78. The van der Waals surface area contributed by atoms with E-state index in [1.54, 1.807) is 18.4 Å². The zero-order chi connectivity index (χ0) is 9.42. The Balaban J connectivity index is 2.88. The molecule has 0 radical (unpaired) electrons. The first-order valence-corrected chi connectivity index (χ1v) is 6.67. The molecule has 0 saturated carbocycles. The van der Waals surface area contributed by atoms with Crippen LogP contribution in [0.1, 0.15) is 0 Å². The van der Waals surface area contributed by atoms with E-state index in [1.165, 1.54) is 17.2 Å². The van der Waals surface area contributed by atoms with Gasteiger partial charge in [-0.3, -0.25) is 0 Å². The molecule has 0 aliphatic rings. The molecule has 1 heterocycles. The molecule has 0 amide bonds. The molecule has 13 heavy (non-hydrogen) atoms. The van der Waals surface area contributed by atoms with Gasteiger partial charge in [0.05, 0.1) is 15.4 Å². The van der Waals surface area contributed by atoms with Gasteiger partial charge in [-0.15, -0.1) is 11.3 Å². The van der Waals surface area contributed by atoms with Crippen LogP contribution in [0.5, 0.6) is 5.75 Å². The van der Waals surface area contributed by atoms with Gasteiger partial charge < -0.3 is 4.74 Å². The van der Waals surface area contributed by atoms with Gasteiger partial charge in [0, 0.05) is 8.96 Å². The average molecular weight is 416 g/mol. The lowest BCUT2D eigenvalue weighted by molar-refractivity contribution is 0.417. The minimum absolute atomic E-state index is 1.01. The first-order chi connectivity index (χ1) is 6.24. The van der Waals surface area contributed by atoms with Crippen molar-refractivity contribution in [3.05, 3.63) is 24.7 Å². The van der Waals surface area contributed by atoms with E-state index >= 15 is 0 Å². The van der Waals surface area contributed by atoms with Crippen molar-refractivity contribution in [2.24, 2.45) is 0 Å². The molecule has 2 rings (SSSR count). The van der Waals surface area contributed by atoms with Gasteiger partial charge in [0.1, 0.15) is 5.75 Å². The minimum atomic E-state index is 1.01. The number of ether oxygens (including phenoxy) is 1. The molecule has 0 spiro atoms. The Labute approximate surface area is 108 Å². The molecule has 2 aromatic rings. The Morgan fingerprint density at radius 2 is 2.08 bits per heavy atom. The van der Waals surface area contributed by atoms with Crippen LogP contribution in [0.25, 0.3) is 10.1 Å². The summed E-state index contributed by atoms with van der Waals surface area (Å²) in [4.78, 5) is 0.